The van der Waals surface area contributed by atoms with Gasteiger partial charge in [0.2, 0.25) is 5.91 Å². The maximum atomic E-state index is 12.1. The highest BCUT2D eigenvalue weighted by Gasteiger charge is 2.13. The fraction of sp³-hybridized carbons (Fsp3) is 0.400. The first-order valence-electron chi connectivity index (χ1n) is 8.84. The molecule has 1 aliphatic rings. The van der Waals surface area contributed by atoms with Crippen LogP contribution in [0.4, 0.5) is 0 Å². The molecule has 2 heterocycles. The molecule has 4 nitrogen and oxygen atoms in total. The van der Waals surface area contributed by atoms with E-state index < -0.39 is 0 Å². The molecule has 3 rings (SSSR count). The molecule has 0 radical (unpaired) electrons. The van der Waals surface area contributed by atoms with E-state index in [9.17, 15) is 4.79 Å². The fourth-order valence-corrected chi connectivity index (χ4v) is 3.85. The first-order chi connectivity index (χ1) is 12.3. The third-order valence-electron chi connectivity index (χ3n) is 4.41. The molecule has 0 bridgehead atoms. The van der Waals surface area contributed by atoms with Gasteiger partial charge in [-0.25, -0.2) is 0 Å². The quantitative estimate of drug-likeness (QED) is 0.790. The molecule has 1 fully saturated rings. The average molecular weight is 356 g/mol. The fourth-order valence-electron chi connectivity index (χ4n) is 3.06. The van der Waals surface area contributed by atoms with Crippen LogP contribution in [0, 0.1) is 0 Å². The first kappa shape index (κ1) is 18.0. The molecule has 2 aromatic rings. The minimum atomic E-state index is 0.0878. The molecule has 25 heavy (non-hydrogen) atoms. The number of aromatic nitrogens is 1. The van der Waals surface area contributed by atoms with E-state index in [1.165, 1.54) is 37.1 Å². The number of nitrogens with one attached hydrogen (secondary N) is 1. The van der Waals surface area contributed by atoms with E-state index in [1.54, 1.807) is 18.0 Å². The Morgan fingerprint density at radius 1 is 1.12 bits per heavy atom. The first-order valence-corrected chi connectivity index (χ1v) is 9.99. The Morgan fingerprint density at radius 2 is 1.92 bits per heavy atom. The Balaban J connectivity index is 1.43. The minimum absolute atomic E-state index is 0.0878. The molecule has 1 aromatic heterocycles. The number of pyridine rings is 1. The van der Waals surface area contributed by atoms with Gasteiger partial charge in [-0.1, -0.05) is 30.3 Å². The van der Waals surface area contributed by atoms with Gasteiger partial charge in [0.25, 0.3) is 0 Å². The third-order valence-corrected chi connectivity index (χ3v) is 5.42. The van der Waals surface area contributed by atoms with Crippen molar-refractivity contribution < 1.29 is 4.79 Å². The largest absolute Gasteiger partial charge is 0.351 e. The summed E-state index contributed by atoms with van der Waals surface area (Å²) in [5, 5.41) is 3.06. The van der Waals surface area contributed by atoms with E-state index in [1.807, 2.05) is 24.4 Å². The molecule has 1 amide bonds. The zero-order valence-electron chi connectivity index (χ0n) is 14.5. The minimum Gasteiger partial charge on any atom is -0.351 e. The number of carbonyl (C=O) groups excluding carboxylic acids is 1. The topological polar surface area (TPSA) is 45.2 Å². The summed E-state index contributed by atoms with van der Waals surface area (Å²) in [6.45, 7) is 3.97. The second-order valence-corrected chi connectivity index (χ2v) is 7.37. The summed E-state index contributed by atoms with van der Waals surface area (Å²) in [6.07, 6.45) is 6.21. The van der Waals surface area contributed by atoms with Gasteiger partial charge in [-0.05, 0) is 48.7 Å². The van der Waals surface area contributed by atoms with Gasteiger partial charge in [0.1, 0.15) is 0 Å². The number of hydrogen-bond acceptors (Lipinski definition) is 4. The van der Waals surface area contributed by atoms with Gasteiger partial charge in [0, 0.05) is 31.2 Å². The number of benzene rings is 1. The predicted octanol–water partition coefficient (Wildman–Crippen LogP) is 3.23. The molecule has 1 aromatic carbocycles. The van der Waals surface area contributed by atoms with Crippen molar-refractivity contribution in [3.8, 4) is 0 Å². The number of carbonyl (C=O) groups is 1. The number of hydrogen-bond donors (Lipinski definition) is 1. The Bertz CT molecular complexity index is 672. The Kier molecular flexibility index (Phi) is 6.89. The van der Waals surface area contributed by atoms with E-state index in [2.05, 4.69) is 33.4 Å². The van der Waals surface area contributed by atoms with E-state index in [-0.39, 0.29) is 5.91 Å². The van der Waals surface area contributed by atoms with Gasteiger partial charge in [-0.2, -0.15) is 0 Å². The molecule has 1 aliphatic heterocycles. The van der Waals surface area contributed by atoms with Crippen LogP contribution >= 0.6 is 11.8 Å². The van der Waals surface area contributed by atoms with Crippen LogP contribution in [0.25, 0.3) is 0 Å². The van der Waals surface area contributed by atoms with Crippen molar-refractivity contribution >= 4 is 17.7 Å². The lowest BCUT2D eigenvalue weighted by Gasteiger charge is -2.17. The molecule has 0 aliphatic carbocycles. The van der Waals surface area contributed by atoms with Crippen molar-refractivity contribution in [3.63, 3.8) is 0 Å². The molecule has 1 N–H and O–H groups in total. The standard InChI is InChI=1S/C20H25N3OS/c24-20(16-25-15-17-6-5-9-21-12-17)22-13-18-7-1-2-8-19(18)14-23-10-3-4-11-23/h1-2,5-9,12H,3-4,10-11,13-16H2,(H,22,24). The van der Waals surface area contributed by atoms with Crippen LogP contribution in [0.3, 0.4) is 0 Å². The van der Waals surface area contributed by atoms with E-state index in [4.69, 9.17) is 0 Å². The van der Waals surface area contributed by atoms with Crippen LogP contribution in [-0.4, -0.2) is 34.6 Å². The molecule has 0 saturated carbocycles. The van der Waals surface area contributed by atoms with Crippen LogP contribution < -0.4 is 5.32 Å². The molecule has 0 spiro atoms. The molecular formula is C20H25N3OS. The van der Waals surface area contributed by atoms with Gasteiger partial charge in [0.05, 0.1) is 5.75 Å². The zero-order chi connectivity index (χ0) is 17.3. The van der Waals surface area contributed by atoms with Crippen molar-refractivity contribution in [2.45, 2.75) is 31.7 Å². The van der Waals surface area contributed by atoms with Crippen LogP contribution in [0.1, 0.15) is 29.5 Å². The summed E-state index contributed by atoms with van der Waals surface area (Å²) >= 11 is 1.62. The number of nitrogens with zero attached hydrogens (tertiary/aromatic N) is 2. The SMILES string of the molecule is O=C(CSCc1cccnc1)NCc1ccccc1CN1CCCC1. The Hall–Kier alpha value is -1.85. The molecule has 5 heteroatoms. The van der Waals surface area contributed by atoms with E-state index in [0.717, 1.165) is 17.9 Å². The normalized spacial score (nSPS) is 14.6. The van der Waals surface area contributed by atoms with Crippen molar-refractivity contribution in [2.24, 2.45) is 0 Å². The number of thioether (sulfide) groups is 1. The summed E-state index contributed by atoms with van der Waals surface area (Å²) in [7, 11) is 0. The molecular weight excluding hydrogens is 330 g/mol. The van der Waals surface area contributed by atoms with Crippen molar-refractivity contribution in [3.05, 3.63) is 65.5 Å². The highest BCUT2D eigenvalue weighted by atomic mass is 32.2. The third kappa shape index (κ3) is 5.87. The summed E-state index contributed by atoms with van der Waals surface area (Å²) in [4.78, 5) is 18.7. The monoisotopic (exact) mass is 355 g/mol. The lowest BCUT2D eigenvalue weighted by Crippen LogP contribution is -2.26. The molecule has 0 atom stereocenters. The summed E-state index contributed by atoms with van der Waals surface area (Å²) in [5.74, 6) is 1.38. The van der Waals surface area contributed by atoms with E-state index >= 15 is 0 Å². The number of rotatable bonds is 8. The van der Waals surface area contributed by atoms with Crippen molar-refractivity contribution in [2.75, 3.05) is 18.8 Å². The lowest BCUT2D eigenvalue weighted by molar-refractivity contribution is -0.118. The molecule has 1 saturated heterocycles. The number of likely N-dealkylation sites (tertiary alicyclic amines) is 1. The zero-order valence-corrected chi connectivity index (χ0v) is 15.3. The molecule has 0 unspecified atom stereocenters. The predicted molar refractivity (Wildman–Crippen MR) is 103 cm³/mol. The maximum absolute atomic E-state index is 12.1. The average Bonchev–Trinajstić information content (AvgIpc) is 3.15. The van der Waals surface area contributed by atoms with Gasteiger partial charge < -0.3 is 5.32 Å². The smallest absolute Gasteiger partial charge is 0.230 e. The highest BCUT2D eigenvalue weighted by Crippen LogP contribution is 2.16. The lowest BCUT2D eigenvalue weighted by atomic mass is 10.1. The van der Waals surface area contributed by atoms with Gasteiger partial charge >= 0.3 is 0 Å². The van der Waals surface area contributed by atoms with Gasteiger partial charge in [-0.15, -0.1) is 11.8 Å². The second-order valence-electron chi connectivity index (χ2n) is 6.38. The van der Waals surface area contributed by atoms with Crippen LogP contribution in [-0.2, 0) is 23.6 Å². The number of amides is 1. The van der Waals surface area contributed by atoms with Crippen LogP contribution in [0.15, 0.2) is 48.8 Å². The molecule has 132 valence electrons. The van der Waals surface area contributed by atoms with Crippen LogP contribution in [0.2, 0.25) is 0 Å². The summed E-state index contributed by atoms with van der Waals surface area (Å²) in [5.41, 5.74) is 3.70. The van der Waals surface area contributed by atoms with Crippen molar-refractivity contribution in [1.29, 1.82) is 0 Å². The van der Waals surface area contributed by atoms with Crippen LogP contribution in [0.5, 0.6) is 0 Å². The highest BCUT2D eigenvalue weighted by molar-refractivity contribution is 7.99. The second kappa shape index (κ2) is 9.59. The Morgan fingerprint density at radius 3 is 2.68 bits per heavy atom. The Labute approximate surface area is 154 Å². The van der Waals surface area contributed by atoms with Crippen molar-refractivity contribution in [1.82, 2.24) is 15.2 Å². The van der Waals surface area contributed by atoms with Gasteiger partial charge in [-0.3, -0.25) is 14.7 Å². The van der Waals surface area contributed by atoms with E-state index in [0.29, 0.717) is 12.3 Å². The summed E-state index contributed by atoms with van der Waals surface area (Å²) in [6, 6.07) is 12.4. The summed E-state index contributed by atoms with van der Waals surface area (Å²) < 4.78 is 0. The maximum Gasteiger partial charge on any atom is 0.230 e. The van der Waals surface area contributed by atoms with Gasteiger partial charge in [0.15, 0.2) is 0 Å².